The summed E-state index contributed by atoms with van der Waals surface area (Å²) in [4.78, 5) is 12.2. The van der Waals surface area contributed by atoms with Gasteiger partial charge in [0, 0.05) is 12.0 Å². The van der Waals surface area contributed by atoms with Gasteiger partial charge in [-0.1, -0.05) is 58.9 Å². The molecule has 0 spiro atoms. The van der Waals surface area contributed by atoms with Crippen molar-refractivity contribution in [2.75, 3.05) is 0 Å². The van der Waals surface area contributed by atoms with Crippen molar-refractivity contribution in [1.82, 2.24) is 0 Å². The summed E-state index contributed by atoms with van der Waals surface area (Å²) in [6, 6.07) is 7.95. The first-order valence-corrected chi connectivity index (χ1v) is 5.93. The molecule has 0 unspecified atom stereocenters. The van der Waals surface area contributed by atoms with Crippen LogP contribution < -0.4 is 0 Å². The minimum atomic E-state index is 0.0567. The van der Waals surface area contributed by atoms with Crippen LogP contribution in [-0.2, 0) is 0 Å². The lowest BCUT2D eigenvalue weighted by Gasteiger charge is -2.19. The Labute approximate surface area is 98.9 Å². The standard InChI is InChI=1S/C15H22O/c1-11(2)12-8-6-7-9-13(12)14(16)10-15(3,4)5/h6-9,11H,10H2,1-5H3. The van der Waals surface area contributed by atoms with Gasteiger partial charge in [0.05, 0.1) is 0 Å². The number of ketones is 1. The summed E-state index contributed by atoms with van der Waals surface area (Å²) < 4.78 is 0. The highest BCUT2D eigenvalue weighted by Crippen LogP contribution is 2.25. The molecule has 0 saturated carbocycles. The molecule has 0 aliphatic rings. The van der Waals surface area contributed by atoms with Crippen LogP contribution >= 0.6 is 0 Å². The number of carbonyl (C=O) groups excluding carboxylic acids is 1. The molecule has 1 heteroatoms. The maximum absolute atomic E-state index is 12.2. The number of carbonyl (C=O) groups is 1. The smallest absolute Gasteiger partial charge is 0.163 e. The molecule has 88 valence electrons. The molecule has 0 aliphatic heterocycles. The van der Waals surface area contributed by atoms with Crippen LogP contribution in [0.15, 0.2) is 24.3 Å². The lowest BCUT2D eigenvalue weighted by Crippen LogP contribution is -2.14. The van der Waals surface area contributed by atoms with Crippen LogP contribution in [0.3, 0.4) is 0 Å². The molecule has 0 aliphatic carbocycles. The van der Waals surface area contributed by atoms with E-state index in [9.17, 15) is 4.79 Å². The van der Waals surface area contributed by atoms with Gasteiger partial charge in [-0.15, -0.1) is 0 Å². The highest BCUT2D eigenvalue weighted by molar-refractivity contribution is 5.98. The molecule has 0 radical (unpaired) electrons. The Balaban J connectivity index is 3.00. The van der Waals surface area contributed by atoms with Crippen LogP contribution in [0, 0.1) is 5.41 Å². The summed E-state index contributed by atoms with van der Waals surface area (Å²) >= 11 is 0. The first kappa shape index (κ1) is 13.0. The van der Waals surface area contributed by atoms with Crippen molar-refractivity contribution in [2.45, 2.75) is 47.0 Å². The fourth-order valence-electron chi connectivity index (χ4n) is 1.83. The molecule has 0 amide bonds. The molecule has 0 atom stereocenters. The van der Waals surface area contributed by atoms with E-state index in [0.29, 0.717) is 12.3 Å². The molecule has 0 saturated heterocycles. The molecular formula is C15H22O. The number of benzene rings is 1. The zero-order valence-electron chi connectivity index (χ0n) is 11.0. The second-order valence-corrected chi connectivity index (χ2v) is 5.90. The zero-order valence-corrected chi connectivity index (χ0v) is 11.0. The monoisotopic (exact) mass is 218 g/mol. The maximum Gasteiger partial charge on any atom is 0.163 e. The Morgan fingerprint density at radius 2 is 1.75 bits per heavy atom. The number of hydrogen-bond donors (Lipinski definition) is 0. The van der Waals surface area contributed by atoms with Crippen LogP contribution in [-0.4, -0.2) is 5.78 Å². The van der Waals surface area contributed by atoms with Gasteiger partial charge in [0.25, 0.3) is 0 Å². The average molecular weight is 218 g/mol. The lowest BCUT2D eigenvalue weighted by atomic mass is 9.85. The van der Waals surface area contributed by atoms with Gasteiger partial charge in [-0.3, -0.25) is 4.79 Å². The van der Waals surface area contributed by atoms with Crippen molar-refractivity contribution in [2.24, 2.45) is 5.41 Å². The van der Waals surface area contributed by atoms with E-state index < -0.39 is 0 Å². The van der Waals surface area contributed by atoms with Gasteiger partial charge in [0.15, 0.2) is 5.78 Å². The SMILES string of the molecule is CC(C)c1ccccc1C(=O)CC(C)(C)C. The molecular weight excluding hydrogens is 196 g/mol. The highest BCUT2D eigenvalue weighted by Gasteiger charge is 2.19. The molecule has 16 heavy (non-hydrogen) atoms. The Morgan fingerprint density at radius 1 is 1.19 bits per heavy atom. The second-order valence-electron chi connectivity index (χ2n) is 5.90. The van der Waals surface area contributed by atoms with E-state index in [1.165, 1.54) is 0 Å². The summed E-state index contributed by atoms with van der Waals surface area (Å²) in [7, 11) is 0. The molecule has 0 N–H and O–H groups in total. The fraction of sp³-hybridized carbons (Fsp3) is 0.533. The molecule has 1 aromatic rings. The summed E-state index contributed by atoms with van der Waals surface area (Å²) in [5, 5.41) is 0. The van der Waals surface area contributed by atoms with Gasteiger partial charge in [0.1, 0.15) is 0 Å². The van der Waals surface area contributed by atoms with Crippen molar-refractivity contribution in [1.29, 1.82) is 0 Å². The van der Waals surface area contributed by atoms with Crippen molar-refractivity contribution >= 4 is 5.78 Å². The predicted octanol–water partition coefficient (Wildman–Crippen LogP) is 4.43. The van der Waals surface area contributed by atoms with E-state index in [1.807, 2.05) is 18.2 Å². The number of hydrogen-bond acceptors (Lipinski definition) is 1. The maximum atomic E-state index is 12.2. The minimum absolute atomic E-state index is 0.0567. The van der Waals surface area contributed by atoms with E-state index in [2.05, 4.69) is 40.7 Å². The van der Waals surface area contributed by atoms with Crippen LogP contribution in [0.2, 0.25) is 0 Å². The molecule has 1 aromatic carbocycles. The summed E-state index contributed by atoms with van der Waals surface area (Å²) in [6.07, 6.45) is 0.608. The van der Waals surface area contributed by atoms with Crippen molar-refractivity contribution < 1.29 is 4.79 Å². The van der Waals surface area contributed by atoms with Crippen molar-refractivity contribution in [3.05, 3.63) is 35.4 Å². The first-order valence-electron chi connectivity index (χ1n) is 5.93. The largest absolute Gasteiger partial charge is 0.294 e. The molecule has 0 heterocycles. The van der Waals surface area contributed by atoms with Gasteiger partial charge in [-0.25, -0.2) is 0 Å². The highest BCUT2D eigenvalue weighted by atomic mass is 16.1. The van der Waals surface area contributed by atoms with Gasteiger partial charge in [0.2, 0.25) is 0 Å². The van der Waals surface area contributed by atoms with Gasteiger partial charge in [-0.05, 0) is 16.9 Å². The van der Waals surface area contributed by atoms with Crippen LogP contribution in [0.4, 0.5) is 0 Å². The molecule has 1 rings (SSSR count). The third-order valence-corrected chi connectivity index (χ3v) is 2.57. The van der Waals surface area contributed by atoms with E-state index in [0.717, 1.165) is 11.1 Å². The Morgan fingerprint density at radius 3 is 2.25 bits per heavy atom. The summed E-state index contributed by atoms with van der Waals surface area (Å²) in [6.45, 7) is 10.6. The summed E-state index contributed by atoms with van der Waals surface area (Å²) in [5.74, 6) is 0.664. The Bertz CT molecular complexity index is 369. The minimum Gasteiger partial charge on any atom is -0.294 e. The number of rotatable bonds is 3. The van der Waals surface area contributed by atoms with Gasteiger partial charge < -0.3 is 0 Å². The van der Waals surface area contributed by atoms with Gasteiger partial charge >= 0.3 is 0 Å². The van der Waals surface area contributed by atoms with Crippen LogP contribution in [0.5, 0.6) is 0 Å². The normalized spacial score (nSPS) is 11.9. The molecule has 0 fully saturated rings. The first-order chi connectivity index (χ1) is 7.31. The molecule has 0 aromatic heterocycles. The average Bonchev–Trinajstić information content (AvgIpc) is 2.15. The van der Waals surface area contributed by atoms with E-state index in [-0.39, 0.29) is 11.2 Å². The summed E-state index contributed by atoms with van der Waals surface area (Å²) in [5.41, 5.74) is 2.12. The fourth-order valence-corrected chi connectivity index (χ4v) is 1.83. The van der Waals surface area contributed by atoms with Crippen molar-refractivity contribution in [3.63, 3.8) is 0 Å². The molecule has 1 nitrogen and oxygen atoms in total. The van der Waals surface area contributed by atoms with Gasteiger partial charge in [-0.2, -0.15) is 0 Å². The topological polar surface area (TPSA) is 17.1 Å². The lowest BCUT2D eigenvalue weighted by molar-refractivity contribution is 0.0938. The predicted molar refractivity (Wildman–Crippen MR) is 68.9 cm³/mol. The Kier molecular flexibility index (Phi) is 3.90. The van der Waals surface area contributed by atoms with Crippen LogP contribution in [0.1, 0.15) is 62.9 Å². The molecule has 0 bridgehead atoms. The quantitative estimate of drug-likeness (QED) is 0.686. The van der Waals surface area contributed by atoms with Crippen molar-refractivity contribution in [3.8, 4) is 0 Å². The third kappa shape index (κ3) is 3.48. The van der Waals surface area contributed by atoms with E-state index in [1.54, 1.807) is 0 Å². The second kappa shape index (κ2) is 4.82. The van der Waals surface area contributed by atoms with E-state index in [4.69, 9.17) is 0 Å². The van der Waals surface area contributed by atoms with Crippen LogP contribution in [0.25, 0.3) is 0 Å². The zero-order chi connectivity index (χ0) is 12.3. The number of Topliss-reactive ketones (excluding diaryl/α,β-unsaturated/α-hetero) is 1. The third-order valence-electron chi connectivity index (χ3n) is 2.57. The Hall–Kier alpha value is -1.11. The van der Waals surface area contributed by atoms with E-state index >= 15 is 0 Å².